The lowest BCUT2D eigenvalue weighted by Gasteiger charge is -2.25. The fourth-order valence-corrected chi connectivity index (χ4v) is 7.84. The molecular formula is C40H49N4O6S+. The van der Waals surface area contributed by atoms with Crippen molar-refractivity contribution in [3.8, 4) is 0 Å². The van der Waals surface area contributed by atoms with Crippen molar-refractivity contribution >= 4 is 44.9 Å². The Labute approximate surface area is 301 Å². The highest BCUT2D eigenvalue weighted by Gasteiger charge is 2.44. The number of unbranched alkanes of at least 4 members (excludes halogenated alkanes) is 2. The van der Waals surface area contributed by atoms with E-state index in [0.29, 0.717) is 32.5 Å². The molecule has 0 unspecified atom stereocenters. The summed E-state index contributed by atoms with van der Waals surface area (Å²) in [5.41, 5.74) is 5.85. The maximum Gasteiger partial charge on any atom is 0.294 e. The molecule has 3 aliphatic rings. The average Bonchev–Trinajstić information content (AvgIpc) is 3.60. The maximum absolute atomic E-state index is 12.4. The molecule has 51 heavy (non-hydrogen) atoms. The van der Waals surface area contributed by atoms with Gasteiger partial charge in [-0.15, -0.1) is 0 Å². The largest absolute Gasteiger partial charge is 0.356 e. The fraction of sp³-hybridized carbons (Fsp3) is 0.400. The van der Waals surface area contributed by atoms with Crippen LogP contribution in [-0.2, 0) is 35.3 Å². The van der Waals surface area contributed by atoms with E-state index in [0.717, 1.165) is 42.8 Å². The molecule has 0 spiro atoms. The predicted octanol–water partition coefficient (Wildman–Crippen LogP) is 6.12. The molecule has 270 valence electrons. The Hall–Kier alpha value is -4.61. The normalized spacial score (nSPS) is 18.6. The second-order valence-corrected chi connectivity index (χ2v) is 15.6. The number of amides is 3. The van der Waals surface area contributed by atoms with Crippen molar-refractivity contribution in [2.24, 2.45) is 0 Å². The molecule has 0 aliphatic carbocycles. The van der Waals surface area contributed by atoms with Crippen LogP contribution in [0.1, 0.15) is 77.8 Å². The summed E-state index contributed by atoms with van der Waals surface area (Å²) >= 11 is 0. The topological polar surface area (TPSA) is 127 Å². The molecule has 10 nitrogen and oxygen atoms in total. The highest BCUT2D eigenvalue weighted by molar-refractivity contribution is 7.85. The molecule has 0 radical (unpaired) electrons. The molecule has 3 heterocycles. The molecular weight excluding hydrogens is 665 g/mol. The van der Waals surface area contributed by atoms with E-state index in [9.17, 15) is 27.4 Å². The van der Waals surface area contributed by atoms with Crippen molar-refractivity contribution in [3.63, 3.8) is 0 Å². The molecule has 5 rings (SSSR count). The van der Waals surface area contributed by atoms with Gasteiger partial charge in [-0.1, -0.05) is 50.3 Å². The van der Waals surface area contributed by atoms with Crippen LogP contribution in [0.4, 0.5) is 11.4 Å². The SMILES string of the molecule is CCN1/C(=C/C=C/C=C/C2=[N+](CCCCCC(=O)NCCCN3C(=O)C=CC3=O)c3ccccc3C2(C)C)C(C)(C)c2cc(S(=O)(=O)O)ccc21. The van der Waals surface area contributed by atoms with Gasteiger partial charge < -0.3 is 10.2 Å². The van der Waals surface area contributed by atoms with Gasteiger partial charge in [-0.25, -0.2) is 0 Å². The van der Waals surface area contributed by atoms with Gasteiger partial charge in [0.15, 0.2) is 5.71 Å². The van der Waals surface area contributed by atoms with Crippen molar-refractivity contribution in [1.29, 1.82) is 0 Å². The number of carbonyl (C=O) groups is 3. The summed E-state index contributed by atoms with van der Waals surface area (Å²) in [7, 11) is -4.31. The van der Waals surface area contributed by atoms with Crippen LogP contribution in [0.15, 0.2) is 95.6 Å². The van der Waals surface area contributed by atoms with E-state index in [1.165, 1.54) is 40.1 Å². The van der Waals surface area contributed by atoms with Crippen LogP contribution in [0, 0.1) is 0 Å². The van der Waals surface area contributed by atoms with Gasteiger partial charge >= 0.3 is 0 Å². The zero-order valence-electron chi connectivity index (χ0n) is 30.2. The zero-order valence-corrected chi connectivity index (χ0v) is 31.0. The van der Waals surface area contributed by atoms with Crippen molar-refractivity contribution in [1.82, 2.24) is 10.2 Å². The number of nitrogens with zero attached hydrogens (tertiary/aromatic N) is 3. The van der Waals surface area contributed by atoms with E-state index < -0.39 is 15.5 Å². The molecule has 11 heteroatoms. The minimum Gasteiger partial charge on any atom is -0.356 e. The third-order valence-electron chi connectivity index (χ3n) is 10.1. The van der Waals surface area contributed by atoms with Gasteiger partial charge in [0.25, 0.3) is 21.9 Å². The van der Waals surface area contributed by atoms with Crippen LogP contribution in [0.3, 0.4) is 0 Å². The van der Waals surface area contributed by atoms with Gasteiger partial charge in [-0.3, -0.25) is 23.8 Å². The van der Waals surface area contributed by atoms with Crippen LogP contribution in [0.25, 0.3) is 0 Å². The third-order valence-corrected chi connectivity index (χ3v) is 10.9. The highest BCUT2D eigenvalue weighted by atomic mass is 32.2. The number of carbonyl (C=O) groups excluding carboxylic acids is 3. The van der Waals surface area contributed by atoms with Gasteiger partial charge in [0.2, 0.25) is 11.6 Å². The first kappa shape index (κ1) is 37.6. The number of likely N-dealkylation sites (N-methyl/N-ethyl adjacent to an activating group) is 1. The second kappa shape index (κ2) is 15.3. The lowest BCUT2D eigenvalue weighted by Crippen LogP contribution is -2.33. The molecule has 0 saturated carbocycles. The van der Waals surface area contributed by atoms with Crippen molar-refractivity contribution < 1.29 is 31.9 Å². The standard InChI is InChI=1S/C40H48N4O6S/c1-6-42-33-22-21-29(51(48,49)50)28-31(33)40(4,5)34(42)18-9-7-10-19-35-39(2,3)30-16-12-13-17-32(30)43(35)26-14-8-11-20-36(45)41-25-15-27-44-37(46)23-24-38(44)47/h7,9-10,12-13,16-19,21-24,28H,6,8,11,14-15,20,25-27H2,1-5H3,(H-,41,45,48,49,50)/p+1. The van der Waals surface area contributed by atoms with Gasteiger partial charge in [0, 0.05) is 79.1 Å². The third kappa shape index (κ3) is 7.99. The summed E-state index contributed by atoms with van der Waals surface area (Å²) in [4.78, 5) is 39.0. The minimum absolute atomic E-state index is 0.0217. The molecule has 0 atom stereocenters. The summed E-state index contributed by atoms with van der Waals surface area (Å²) in [6.45, 7) is 12.9. The number of benzene rings is 2. The second-order valence-electron chi connectivity index (χ2n) is 14.2. The Morgan fingerprint density at radius 1 is 0.882 bits per heavy atom. The summed E-state index contributed by atoms with van der Waals surface area (Å²) in [5.74, 6) is -0.629. The maximum atomic E-state index is 12.4. The Bertz CT molecular complexity index is 1950. The molecule has 0 aromatic heterocycles. The van der Waals surface area contributed by atoms with Crippen molar-refractivity contribution in [2.75, 3.05) is 31.1 Å². The van der Waals surface area contributed by atoms with Gasteiger partial charge in [-0.2, -0.15) is 13.0 Å². The average molecular weight is 714 g/mol. The van der Waals surface area contributed by atoms with E-state index in [1.807, 2.05) is 12.2 Å². The number of nitrogens with one attached hydrogen (secondary N) is 1. The summed E-state index contributed by atoms with van der Waals surface area (Å²) in [6, 6.07) is 13.3. The molecule has 2 aromatic rings. The zero-order chi connectivity index (χ0) is 37.0. The molecule has 0 fully saturated rings. The van der Waals surface area contributed by atoms with Crippen LogP contribution in [-0.4, -0.2) is 72.1 Å². The van der Waals surface area contributed by atoms with Crippen LogP contribution in [0.5, 0.6) is 0 Å². The van der Waals surface area contributed by atoms with Crippen molar-refractivity contribution in [2.45, 2.75) is 82.4 Å². The number of hydrogen-bond donors (Lipinski definition) is 2. The first-order valence-electron chi connectivity index (χ1n) is 17.7. The lowest BCUT2D eigenvalue weighted by molar-refractivity contribution is -0.438. The number of hydrogen-bond acceptors (Lipinski definition) is 6. The van der Waals surface area contributed by atoms with E-state index in [1.54, 1.807) is 12.1 Å². The van der Waals surface area contributed by atoms with Gasteiger partial charge in [0.1, 0.15) is 6.54 Å². The quantitative estimate of drug-likeness (QED) is 0.0750. The van der Waals surface area contributed by atoms with Gasteiger partial charge in [-0.05, 0) is 69.9 Å². The molecule has 0 saturated heterocycles. The van der Waals surface area contributed by atoms with Crippen LogP contribution in [0.2, 0.25) is 0 Å². The molecule has 3 aliphatic heterocycles. The lowest BCUT2D eigenvalue weighted by atomic mass is 9.81. The summed E-state index contributed by atoms with van der Waals surface area (Å²) < 4.78 is 35.7. The number of para-hydroxylation sites is 1. The van der Waals surface area contributed by atoms with E-state index >= 15 is 0 Å². The monoisotopic (exact) mass is 713 g/mol. The summed E-state index contributed by atoms with van der Waals surface area (Å²) in [6.07, 6.45) is 16.4. The number of anilines is 1. The highest BCUT2D eigenvalue weighted by Crippen LogP contribution is 2.48. The number of allylic oxidation sites excluding steroid dienone is 6. The van der Waals surface area contributed by atoms with E-state index in [2.05, 4.69) is 91.9 Å². The minimum atomic E-state index is -4.31. The predicted molar refractivity (Wildman–Crippen MR) is 200 cm³/mol. The van der Waals surface area contributed by atoms with Gasteiger partial charge in [0.05, 0.1) is 10.3 Å². The first-order valence-corrected chi connectivity index (χ1v) is 19.1. The Morgan fingerprint density at radius 3 is 2.31 bits per heavy atom. The first-order chi connectivity index (χ1) is 24.2. The van der Waals surface area contributed by atoms with E-state index in [4.69, 9.17) is 0 Å². The smallest absolute Gasteiger partial charge is 0.294 e. The molecule has 2 N–H and O–H groups in total. The molecule has 2 aromatic carbocycles. The number of fused-ring (bicyclic) bond motifs is 2. The molecule has 0 bridgehead atoms. The molecule has 3 amide bonds. The summed E-state index contributed by atoms with van der Waals surface area (Å²) in [5, 5.41) is 2.90. The van der Waals surface area contributed by atoms with Crippen molar-refractivity contribution in [3.05, 3.63) is 102 Å². The number of imide groups is 1. The number of rotatable bonds is 15. The van der Waals surface area contributed by atoms with Crippen LogP contribution < -0.4 is 10.2 Å². The van der Waals surface area contributed by atoms with E-state index in [-0.39, 0.29) is 28.0 Å². The fourth-order valence-electron chi connectivity index (χ4n) is 7.33. The Kier molecular flexibility index (Phi) is 11.3. The Morgan fingerprint density at radius 2 is 1.61 bits per heavy atom. The Balaban J connectivity index is 1.20. The van der Waals surface area contributed by atoms with Crippen LogP contribution >= 0.6 is 0 Å².